The third kappa shape index (κ3) is 2.69. The molecular formula is C8H15N3O2. The first-order chi connectivity index (χ1) is 6.11. The lowest BCUT2D eigenvalue weighted by Gasteiger charge is -2.05. The van der Waals surface area contributed by atoms with Crippen LogP contribution in [0.1, 0.15) is 13.8 Å². The zero-order valence-corrected chi connectivity index (χ0v) is 8.23. The molecular weight excluding hydrogens is 170 g/mol. The van der Waals surface area contributed by atoms with Gasteiger partial charge in [-0.25, -0.2) is 9.48 Å². The van der Waals surface area contributed by atoms with E-state index in [-0.39, 0.29) is 11.8 Å². The van der Waals surface area contributed by atoms with Crippen molar-refractivity contribution in [1.82, 2.24) is 14.3 Å². The lowest BCUT2D eigenvalue weighted by Crippen LogP contribution is -2.25. The third-order valence-electron chi connectivity index (χ3n) is 1.64. The molecule has 0 aromatic carbocycles. The van der Waals surface area contributed by atoms with E-state index >= 15 is 0 Å². The molecule has 0 aliphatic rings. The van der Waals surface area contributed by atoms with Crippen molar-refractivity contribution in [1.29, 1.82) is 0 Å². The summed E-state index contributed by atoms with van der Waals surface area (Å²) < 4.78 is 8.13. The van der Waals surface area contributed by atoms with Crippen LogP contribution in [-0.4, -0.2) is 27.1 Å². The van der Waals surface area contributed by atoms with Gasteiger partial charge in [-0.2, -0.15) is 5.10 Å². The monoisotopic (exact) mass is 185 g/mol. The molecule has 0 fully saturated rings. The Balaban J connectivity index is 2.46. The molecule has 0 N–H and O–H groups in total. The van der Waals surface area contributed by atoms with Crippen LogP contribution in [0, 0.1) is 0 Å². The first-order valence-corrected chi connectivity index (χ1v) is 4.31. The normalized spacial score (nSPS) is 11.1. The van der Waals surface area contributed by atoms with Crippen LogP contribution < -0.4 is 5.69 Å². The summed E-state index contributed by atoms with van der Waals surface area (Å²) in [6, 6.07) is 0. The number of hydrogen-bond acceptors (Lipinski definition) is 3. The van der Waals surface area contributed by atoms with Gasteiger partial charge in [0.05, 0.1) is 19.3 Å². The van der Waals surface area contributed by atoms with Gasteiger partial charge in [-0.1, -0.05) is 0 Å². The molecule has 1 aromatic heterocycles. The third-order valence-corrected chi connectivity index (χ3v) is 1.64. The molecule has 0 radical (unpaired) electrons. The maximum atomic E-state index is 11.3. The van der Waals surface area contributed by atoms with E-state index in [0.29, 0.717) is 13.2 Å². The second-order valence-electron chi connectivity index (χ2n) is 3.17. The summed E-state index contributed by atoms with van der Waals surface area (Å²) in [7, 11) is 1.68. The van der Waals surface area contributed by atoms with Gasteiger partial charge in [0, 0.05) is 7.05 Å². The molecule has 0 aliphatic heterocycles. The summed E-state index contributed by atoms with van der Waals surface area (Å²) in [5.74, 6) is 0. The highest BCUT2D eigenvalue weighted by Gasteiger charge is 2.00. The Morgan fingerprint density at radius 1 is 1.62 bits per heavy atom. The number of aromatic nitrogens is 3. The average molecular weight is 185 g/mol. The zero-order chi connectivity index (χ0) is 9.84. The predicted octanol–water partition coefficient (Wildman–Crippen LogP) is 0.00680. The molecule has 0 amide bonds. The van der Waals surface area contributed by atoms with E-state index in [0.717, 1.165) is 0 Å². The van der Waals surface area contributed by atoms with Gasteiger partial charge in [-0.3, -0.25) is 4.57 Å². The smallest absolute Gasteiger partial charge is 0.345 e. The molecule has 1 rings (SSSR count). The van der Waals surface area contributed by atoms with Gasteiger partial charge in [-0.15, -0.1) is 0 Å². The van der Waals surface area contributed by atoms with Gasteiger partial charge in [0.2, 0.25) is 0 Å². The fourth-order valence-electron chi connectivity index (χ4n) is 0.949. The predicted molar refractivity (Wildman–Crippen MR) is 48.6 cm³/mol. The average Bonchev–Trinajstić information content (AvgIpc) is 2.35. The van der Waals surface area contributed by atoms with Crippen LogP contribution in [0.2, 0.25) is 0 Å². The number of aryl methyl sites for hydroxylation is 1. The van der Waals surface area contributed by atoms with Crippen LogP contribution >= 0.6 is 0 Å². The lowest BCUT2D eigenvalue weighted by atomic mass is 10.5. The Morgan fingerprint density at radius 2 is 2.31 bits per heavy atom. The van der Waals surface area contributed by atoms with Crippen molar-refractivity contribution in [2.45, 2.75) is 26.5 Å². The minimum absolute atomic E-state index is 0.104. The topological polar surface area (TPSA) is 49.0 Å². The Morgan fingerprint density at radius 3 is 2.77 bits per heavy atom. The SMILES string of the molecule is CC(C)OCCn1ncn(C)c1=O. The van der Waals surface area contributed by atoms with E-state index < -0.39 is 0 Å². The van der Waals surface area contributed by atoms with Crippen LogP contribution in [-0.2, 0) is 18.3 Å². The molecule has 0 saturated heterocycles. The maximum Gasteiger partial charge on any atom is 0.345 e. The first-order valence-electron chi connectivity index (χ1n) is 4.31. The molecule has 5 nitrogen and oxygen atoms in total. The van der Waals surface area contributed by atoms with E-state index in [1.165, 1.54) is 15.6 Å². The van der Waals surface area contributed by atoms with Crippen molar-refractivity contribution in [3.63, 3.8) is 0 Å². The Bertz CT molecular complexity index is 313. The standard InChI is InChI=1S/C8H15N3O2/c1-7(2)13-5-4-11-8(12)10(3)6-9-11/h6-7H,4-5H2,1-3H3. The lowest BCUT2D eigenvalue weighted by molar-refractivity contribution is 0.0703. The molecule has 1 heterocycles. The minimum Gasteiger partial charge on any atom is -0.377 e. The van der Waals surface area contributed by atoms with Gasteiger partial charge in [-0.05, 0) is 13.8 Å². The largest absolute Gasteiger partial charge is 0.377 e. The molecule has 0 aliphatic carbocycles. The molecule has 0 spiro atoms. The molecule has 74 valence electrons. The Labute approximate surface area is 76.9 Å². The summed E-state index contributed by atoms with van der Waals surface area (Å²) in [5.41, 5.74) is -0.104. The van der Waals surface area contributed by atoms with Crippen molar-refractivity contribution < 1.29 is 4.74 Å². The van der Waals surface area contributed by atoms with Crippen molar-refractivity contribution in [2.24, 2.45) is 7.05 Å². The van der Waals surface area contributed by atoms with Crippen LogP contribution in [0.4, 0.5) is 0 Å². The summed E-state index contributed by atoms with van der Waals surface area (Å²) in [6.07, 6.45) is 1.69. The van der Waals surface area contributed by atoms with Gasteiger partial charge < -0.3 is 4.74 Å². The van der Waals surface area contributed by atoms with E-state index in [2.05, 4.69) is 5.10 Å². The zero-order valence-electron chi connectivity index (χ0n) is 8.23. The highest BCUT2D eigenvalue weighted by molar-refractivity contribution is 4.64. The minimum atomic E-state index is -0.104. The van der Waals surface area contributed by atoms with Crippen LogP contribution in [0.3, 0.4) is 0 Å². The number of rotatable bonds is 4. The van der Waals surface area contributed by atoms with Gasteiger partial charge in [0.15, 0.2) is 0 Å². The van der Waals surface area contributed by atoms with E-state index in [9.17, 15) is 4.79 Å². The Hall–Kier alpha value is -1.10. The van der Waals surface area contributed by atoms with Crippen molar-refractivity contribution in [3.8, 4) is 0 Å². The summed E-state index contributed by atoms with van der Waals surface area (Å²) in [4.78, 5) is 11.3. The highest BCUT2D eigenvalue weighted by atomic mass is 16.5. The van der Waals surface area contributed by atoms with Crippen molar-refractivity contribution in [2.75, 3.05) is 6.61 Å². The van der Waals surface area contributed by atoms with Crippen molar-refractivity contribution >= 4 is 0 Å². The number of nitrogens with zero attached hydrogens (tertiary/aromatic N) is 3. The second-order valence-corrected chi connectivity index (χ2v) is 3.17. The number of ether oxygens (including phenoxy) is 1. The molecule has 13 heavy (non-hydrogen) atoms. The molecule has 1 aromatic rings. The molecule has 0 unspecified atom stereocenters. The second kappa shape index (κ2) is 4.23. The van der Waals surface area contributed by atoms with Crippen molar-refractivity contribution in [3.05, 3.63) is 16.8 Å². The highest BCUT2D eigenvalue weighted by Crippen LogP contribution is 1.87. The van der Waals surface area contributed by atoms with E-state index in [1.54, 1.807) is 7.05 Å². The van der Waals surface area contributed by atoms with E-state index in [4.69, 9.17) is 4.74 Å². The summed E-state index contributed by atoms with van der Waals surface area (Å²) in [5, 5.41) is 3.90. The van der Waals surface area contributed by atoms with Crippen LogP contribution in [0.5, 0.6) is 0 Å². The molecule has 5 heteroatoms. The molecule has 0 saturated carbocycles. The quantitative estimate of drug-likeness (QED) is 0.663. The maximum absolute atomic E-state index is 11.3. The summed E-state index contributed by atoms with van der Waals surface area (Å²) >= 11 is 0. The van der Waals surface area contributed by atoms with Crippen LogP contribution in [0.25, 0.3) is 0 Å². The fraction of sp³-hybridized carbons (Fsp3) is 0.750. The van der Waals surface area contributed by atoms with Gasteiger partial charge >= 0.3 is 5.69 Å². The van der Waals surface area contributed by atoms with Gasteiger partial charge in [0.1, 0.15) is 6.33 Å². The Kier molecular flexibility index (Phi) is 3.25. The van der Waals surface area contributed by atoms with E-state index in [1.807, 2.05) is 13.8 Å². The number of hydrogen-bond donors (Lipinski definition) is 0. The fourth-order valence-corrected chi connectivity index (χ4v) is 0.949. The van der Waals surface area contributed by atoms with Crippen LogP contribution in [0.15, 0.2) is 11.1 Å². The summed E-state index contributed by atoms with van der Waals surface area (Å²) in [6.45, 7) is 4.95. The molecule has 0 bridgehead atoms. The molecule has 0 atom stereocenters. The van der Waals surface area contributed by atoms with Gasteiger partial charge in [0.25, 0.3) is 0 Å². The first kappa shape index (κ1) is 9.98.